The fourth-order valence-corrected chi connectivity index (χ4v) is 2.28. The van der Waals surface area contributed by atoms with Crippen LogP contribution in [0.1, 0.15) is 32.3 Å². The van der Waals surface area contributed by atoms with Gasteiger partial charge in [0.1, 0.15) is 18.0 Å². The van der Waals surface area contributed by atoms with Gasteiger partial charge in [-0.25, -0.2) is 9.97 Å². The summed E-state index contributed by atoms with van der Waals surface area (Å²) in [6, 6.07) is 8.04. The molecule has 0 saturated heterocycles. The Morgan fingerprint density at radius 1 is 1.10 bits per heavy atom. The average molecular weight is 335 g/mol. The number of nitrogens with zero attached hydrogens (tertiary/aromatic N) is 2. The first-order valence-electron chi connectivity index (χ1n) is 6.73. The van der Waals surface area contributed by atoms with Gasteiger partial charge in [0.15, 0.2) is 0 Å². The van der Waals surface area contributed by atoms with Gasteiger partial charge in [-0.2, -0.15) is 0 Å². The Morgan fingerprint density at radius 3 is 2.35 bits per heavy atom. The van der Waals surface area contributed by atoms with E-state index in [1.165, 1.54) is 0 Å². The normalized spacial score (nSPS) is 10.7. The molecule has 0 spiro atoms. The Balaban J connectivity index is 2.35. The van der Waals surface area contributed by atoms with Gasteiger partial charge in [-0.15, -0.1) is 0 Å². The highest BCUT2D eigenvalue weighted by molar-refractivity contribution is 9.10. The molecule has 0 saturated carbocycles. The molecule has 5 heteroatoms. The van der Waals surface area contributed by atoms with Crippen molar-refractivity contribution in [1.82, 2.24) is 9.97 Å². The first-order valence-corrected chi connectivity index (χ1v) is 7.52. The van der Waals surface area contributed by atoms with Gasteiger partial charge >= 0.3 is 0 Å². The summed E-state index contributed by atoms with van der Waals surface area (Å²) >= 11 is 3.44. The van der Waals surface area contributed by atoms with Crippen molar-refractivity contribution >= 4 is 33.3 Å². The van der Waals surface area contributed by atoms with Gasteiger partial charge in [0.05, 0.1) is 0 Å². The van der Waals surface area contributed by atoms with E-state index < -0.39 is 0 Å². The van der Waals surface area contributed by atoms with E-state index in [0.29, 0.717) is 5.92 Å². The van der Waals surface area contributed by atoms with E-state index in [0.717, 1.165) is 33.9 Å². The van der Waals surface area contributed by atoms with Gasteiger partial charge in [0.25, 0.3) is 0 Å². The van der Waals surface area contributed by atoms with Crippen LogP contribution in [0.4, 0.5) is 17.3 Å². The smallest absolute Gasteiger partial charge is 0.139 e. The van der Waals surface area contributed by atoms with Gasteiger partial charge < -0.3 is 10.6 Å². The summed E-state index contributed by atoms with van der Waals surface area (Å²) in [5.74, 6) is 2.09. The van der Waals surface area contributed by atoms with Crippen LogP contribution in [0.2, 0.25) is 0 Å². The van der Waals surface area contributed by atoms with Crippen molar-refractivity contribution in [2.45, 2.75) is 26.7 Å². The average Bonchev–Trinajstić information content (AvgIpc) is 2.41. The molecule has 0 atom stereocenters. The standard InChI is InChI=1S/C15H19BrN4/c1-4-17-14-13(10(2)3)15(19-9-18-14)20-12-7-5-11(16)6-8-12/h5-10H,4H2,1-3H3,(H2,17,18,19,20). The van der Waals surface area contributed by atoms with Crippen molar-refractivity contribution < 1.29 is 0 Å². The SMILES string of the molecule is CCNc1ncnc(Nc2ccc(Br)cc2)c1C(C)C. The number of hydrogen-bond donors (Lipinski definition) is 2. The molecule has 0 unspecified atom stereocenters. The third-order valence-corrected chi connectivity index (χ3v) is 3.44. The van der Waals surface area contributed by atoms with Crippen LogP contribution >= 0.6 is 15.9 Å². The van der Waals surface area contributed by atoms with Gasteiger partial charge in [0, 0.05) is 22.3 Å². The number of benzene rings is 1. The van der Waals surface area contributed by atoms with Crippen molar-refractivity contribution in [2.24, 2.45) is 0 Å². The third-order valence-electron chi connectivity index (χ3n) is 2.91. The van der Waals surface area contributed by atoms with E-state index in [1.54, 1.807) is 6.33 Å². The molecular formula is C15H19BrN4. The summed E-state index contributed by atoms with van der Waals surface area (Å²) in [4.78, 5) is 8.72. The van der Waals surface area contributed by atoms with Crippen molar-refractivity contribution in [3.8, 4) is 0 Å². The zero-order valence-corrected chi connectivity index (χ0v) is 13.5. The molecule has 0 aliphatic carbocycles. The number of anilines is 3. The minimum absolute atomic E-state index is 0.336. The van der Waals surface area contributed by atoms with Crippen LogP contribution in [0.3, 0.4) is 0 Å². The van der Waals surface area contributed by atoms with E-state index >= 15 is 0 Å². The molecule has 1 heterocycles. The predicted octanol–water partition coefficient (Wildman–Crippen LogP) is 4.54. The largest absolute Gasteiger partial charge is 0.370 e. The monoisotopic (exact) mass is 334 g/mol. The lowest BCUT2D eigenvalue weighted by molar-refractivity contribution is 0.849. The molecule has 0 radical (unpaired) electrons. The fourth-order valence-electron chi connectivity index (χ4n) is 2.02. The van der Waals surface area contributed by atoms with E-state index in [1.807, 2.05) is 24.3 Å². The quantitative estimate of drug-likeness (QED) is 0.842. The van der Waals surface area contributed by atoms with Crippen LogP contribution in [0.5, 0.6) is 0 Å². The van der Waals surface area contributed by atoms with Gasteiger partial charge in [-0.05, 0) is 37.1 Å². The van der Waals surface area contributed by atoms with Crippen LogP contribution in [-0.2, 0) is 0 Å². The highest BCUT2D eigenvalue weighted by Crippen LogP contribution is 2.30. The first kappa shape index (κ1) is 14.8. The van der Waals surface area contributed by atoms with Crippen LogP contribution < -0.4 is 10.6 Å². The summed E-state index contributed by atoms with van der Waals surface area (Å²) in [5.41, 5.74) is 2.12. The maximum Gasteiger partial charge on any atom is 0.139 e. The zero-order chi connectivity index (χ0) is 14.5. The Morgan fingerprint density at radius 2 is 1.75 bits per heavy atom. The second kappa shape index (κ2) is 6.70. The molecule has 1 aromatic carbocycles. The van der Waals surface area contributed by atoms with E-state index in [9.17, 15) is 0 Å². The fraction of sp³-hybridized carbons (Fsp3) is 0.333. The number of rotatable bonds is 5. The Kier molecular flexibility index (Phi) is 4.95. The van der Waals surface area contributed by atoms with Gasteiger partial charge in [-0.3, -0.25) is 0 Å². The van der Waals surface area contributed by atoms with Crippen molar-refractivity contribution in [2.75, 3.05) is 17.2 Å². The molecule has 0 amide bonds. The van der Waals surface area contributed by atoms with Crippen LogP contribution in [0.25, 0.3) is 0 Å². The second-order valence-corrected chi connectivity index (χ2v) is 5.72. The Bertz CT molecular complexity index is 567. The minimum Gasteiger partial charge on any atom is -0.370 e. The highest BCUT2D eigenvalue weighted by atomic mass is 79.9. The molecule has 2 aromatic rings. The minimum atomic E-state index is 0.336. The van der Waals surface area contributed by atoms with Crippen LogP contribution in [-0.4, -0.2) is 16.5 Å². The van der Waals surface area contributed by atoms with E-state index in [2.05, 4.69) is 57.3 Å². The lowest BCUT2D eigenvalue weighted by Crippen LogP contribution is -2.09. The summed E-state index contributed by atoms with van der Waals surface area (Å²) in [6.45, 7) is 7.20. The zero-order valence-electron chi connectivity index (χ0n) is 11.9. The molecular weight excluding hydrogens is 316 g/mol. The molecule has 2 N–H and O–H groups in total. The molecule has 1 aromatic heterocycles. The first-order chi connectivity index (χ1) is 9.61. The van der Waals surface area contributed by atoms with Crippen molar-refractivity contribution in [3.63, 3.8) is 0 Å². The summed E-state index contributed by atoms with van der Waals surface area (Å²) < 4.78 is 1.06. The van der Waals surface area contributed by atoms with Gasteiger partial charge in [0.2, 0.25) is 0 Å². The van der Waals surface area contributed by atoms with Gasteiger partial charge in [-0.1, -0.05) is 29.8 Å². The number of hydrogen-bond acceptors (Lipinski definition) is 4. The Labute approximate surface area is 128 Å². The lowest BCUT2D eigenvalue weighted by atomic mass is 10.0. The topological polar surface area (TPSA) is 49.8 Å². The number of nitrogens with one attached hydrogen (secondary N) is 2. The molecule has 106 valence electrons. The van der Waals surface area contributed by atoms with Crippen LogP contribution in [0, 0.1) is 0 Å². The number of halogens is 1. The van der Waals surface area contributed by atoms with E-state index in [-0.39, 0.29) is 0 Å². The predicted molar refractivity (Wildman–Crippen MR) is 87.7 cm³/mol. The van der Waals surface area contributed by atoms with Crippen molar-refractivity contribution in [1.29, 1.82) is 0 Å². The van der Waals surface area contributed by atoms with Crippen LogP contribution in [0.15, 0.2) is 35.1 Å². The number of aromatic nitrogens is 2. The molecule has 0 aliphatic rings. The summed E-state index contributed by atoms with van der Waals surface area (Å²) in [7, 11) is 0. The lowest BCUT2D eigenvalue weighted by Gasteiger charge is -2.17. The molecule has 4 nitrogen and oxygen atoms in total. The summed E-state index contributed by atoms with van der Waals surface area (Å²) in [5, 5.41) is 6.66. The molecule has 2 rings (SSSR count). The van der Waals surface area contributed by atoms with E-state index in [4.69, 9.17) is 0 Å². The highest BCUT2D eigenvalue weighted by Gasteiger charge is 2.14. The van der Waals surface area contributed by atoms with Crippen molar-refractivity contribution in [3.05, 3.63) is 40.6 Å². The Hall–Kier alpha value is -1.62. The maximum absolute atomic E-state index is 4.39. The molecule has 0 aliphatic heterocycles. The second-order valence-electron chi connectivity index (χ2n) is 4.80. The third kappa shape index (κ3) is 3.48. The molecule has 0 fully saturated rings. The molecule has 20 heavy (non-hydrogen) atoms. The molecule has 0 bridgehead atoms. The maximum atomic E-state index is 4.39. The summed E-state index contributed by atoms with van der Waals surface area (Å²) in [6.07, 6.45) is 1.59.